The lowest BCUT2D eigenvalue weighted by Gasteiger charge is -2.13. The number of rotatable bonds is 5. The van der Waals surface area contributed by atoms with E-state index in [2.05, 4.69) is 4.98 Å². The molecule has 126 valence electrons. The second kappa shape index (κ2) is 7.06. The van der Waals surface area contributed by atoms with Gasteiger partial charge in [0.1, 0.15) is 29.1 Å². The molecule has 0 aliphatic carbocycles. The number of nitrogen functional groups attached to an aromatic ring is 1. The number of hydrogen-bond donors (Lipinski definition) is 3. The Morgan fingerprint density at radius 3 is 2.52 bits per heavy atom. The van der Waals surface area contributed by atoms with Crippen molar-refractivity contribution in [2.75, 3.05) is 19.5 Å². The van der Waals surface area contributed by atoms with E-state index in [9.17, 15) is 20.1 Å². The first-order valence-electron chi connectivity index (χ1n) is 6.81. The summed E-state index contributed by atoms with van der Waals surface area (Å²) in [5, 5.41) is 27.3. The minimum Gasteiger partial charge on any atom is -0.493 e. The number of aliphatic carboxylic acids is 1. The highest BCUT2D eigenvalue weighted by atomic mass is 16.5. The lowest BCUT2D eigenvalue weighted by atomic mass is 9.96. The molecule has 2 rings (SSSR count). The number of hydrogen-bond acceptors (Lipinski definition) is 7. The average molecular weight is 340 g/mol. The maximum absolute atomic E-state index is 12.0. The van der Waals surface area contributed by atoms with Gasteiger partial charge in [0.2, 0.25) is 0 Å². The van der Waals surface area contributed by atoms with Crippen LogP contribution in [0.2, 0.25) is 0 Å². The Kier molecular flexibility index (Phi) is 4.91. The Balaban J connectivity index is 2.73. The number of methoxy groups -OCH3 is 1. The molecule has 0 amide bonds. The van der Waals surface area contributed by atoms with E-state index in [1.165, 1.54) is 25.3 Å². The quantitative estimate of drug-likeness (QED) is 0.721. The van der Waals surface area contributed by atoms with Gasteiger partial charge in [-0.05, 0) is 17.7 Å². The third kappa shape index (κ3) is 3.35. The second-order valence-corrected chi connectivity index (χ2v) is 4.76. The number of nitriles is 2. The van der Waals surface area contributed by atoms with Crippen molar-refractivity contribution in [1.29, 1.82) is 10.5 Å². The Bertz CT molecular complexity index is 982. The fourth-order valence-electron chi connectivity index (χ4n) is 2.22. The molecular formula is C16H12N4O5. The van der Waals surface area contributed by atoms with Crippen molar-refractivity contribution < 1.29 is 19.4 Å². The molecule has 9 heteroatoms. The van der Waals surface area contributed by atoms with Crippen LogP contribution in [0.25, 0.3) is 11.1 Å². The molecule has 0 fully saturated rings. The first kappa shape index (κ1) is 17.4. The first-order chi connectivity index (χ1) is 11.9. The molecule has 2 aromatic rings. The summed E-state index contributed by atoms with van der Waals surface area (Å²) in [4.78, 5) is 24.9. The van der Waals surface area contributed by atoms with Crippen molar-refractivity contribution in [3.63, 3.8) is 0 Å². The zero-order chi connectivity index (χ0) is 18.6. The van der Waals surface area contributed by atoms with E-state index in [-0.39, 0.29) is 39.6 Å². The molecule has 0 saturated carbocycles. The summed E-state index contributed by atoms with van der Waals surface area (Å²) in [5.74, 6) is -1.04. The number of nitrogens with zero attached hydrogens (tertiary/aromatic N) is 2. The highest BCUT2D eigenvalue weighted by Gasteiger charge is 2.19. The van der Waals surface area contributed by atoms with Gasteiger partial charge in [0.15, 0.2) is 18.1 Å². The van der Waals surface area contributed by atoms with E-state index in [0.29, 0.717) is 0 Å². The third-order valence-electron chi connectivity index (χ3n) is 3.27. The van der Waals surface area contributed by atoms with Gasteiger partial charge in [0, 0.05) is 5.56 Å². The summed E-state index contributed by atoms with van der Waals surface area (Å²) in [6.07, 6.45) is 0. The maximum atomic E-state index is 12.0. The van der Waals surface area contributed by atoms with E-state index in [1.54, 1.807) is 6.07 Å². The molecule has 0 atom stereocenters. The average Bonchev–Trinajstić information content (AvgIpc) is 2.59. The van der Waals surface area contributed by atoms with Gasteiger partial charge >= 0.3 is 5.97 Å². The Hall–Kier alpha value is -3.98. The van der Waals surface area contributed by atoms with Crippen molar-refractivity contribution in [3.8, 4) is 34.8 Å². The zero-order valence-electron chi connectivity index (χ0n) is 13.0. The number of nitrogens with two attached hydrogens (primary N) is 1. The number of carboxylic acids is 1. The van der Waals surface area contributed by atoms with Gasteiger partial charge in [-0.2, -0.15) is 10.5 Å². The minimum atomic E-state index is -1.19. The lowest BCUT2D eigenvalue weighted by molar-refractivity contribution is -0.139. The number of carboxylic acid groups (broad SMARTS) is 1. The summed E-state index contributed by atoms with van der Waals surface area (Å²) in [5.41, 5.74) is 4.88. The number of ether oxygens (including phenoxy) is 2. The topological polar surface area (TPSA) is 162 Å². The Labute approximate surface area is 141 Å². The molecule has 0 bridgehead atoms. The van der Waals surface area contributed by atoms with Crippen molar-refractivity contribution in [2.45, 2.75) is 0 Å². The SMILES string of the molecule is COc1ccc(-c2c(C#N)c(N)[nH]c(=O)c2C#N)cc1OCC(=O)O. The minimum absolute atomic E-state index is 0.0362. The molecule has 0 spiro atoms. The summed E-state index contributed by atoms with van der Waals surface area (Å²) < 4.78 is 10.2. The number of H-pyrrole nitrogens is 1. The summed E-state index contributed by atoms with van der Waals surface area (Å²) in [6, 6.07) is 7.94. The third-order valence-corrected chi connectivity index (χ3v) is 3.27. The molecule has 0 radical (unpaired) electrons. The van der Waals surface area contributed by atoms with Crippen LogP contribution < -0.4 is 20.8 Å². The van der Waals surface area contributed by atoms with Crippen LogP contribution in [0.3, 0.4) is 0 Å². The van der Waals surface area contributed by atoms with E-state index < -0.39 is 18.1 Å². The maximum Gasteiger partial charge on any atom is 0.341 e. The molecule has 4 N–H and O–H groups in total. The van der Waals surface area contributed by atoms with E-state index in [1.807, 2.05) is 6.07 Å². The summed E-state index contributed by atoms with van der Waals surface area (Å²) in [7, 11) is 1.37. The van der Waals surface area contributed by atoms with E-state index >= 15 is 0 Å². The van der Waals surface area contributed by atoms with Crippen molar-refractivity contribution in [3.05, 3.63) is 39.7 Å². The number of benzene rings is 1. The number of carbonyl (C=O) groups is 1. The molecule has 1 aromatic carbocycles. The molecule has 25 heavy (non-hydrogen) atoms. The number of pyridine rings is 1. The Morgan fingerprint density at radius 2 is 1.96 bits per heavy atom. The van der Waals surface area contributed by atoms with Crippen LogP contribution in [0.5, 0.6) is 11.5 Å². The first-order valence-corrected chi connectivity index (χ1v) is 6.81. The number of aromatic nitrogens is 1. The van der Waals surface area contributed by atoms with Crippen molar-refractivity contribution >= 4 is 11.8 Å². The lowest BCUT2D eigenvalue weighted by Crippen LogP contribution is -2.16. The highest BCUT2D eigenvalue weighted by Crippen LogP contribution is 2.35. The molecule has 0 saturated heterocycles. The van der Waals surface area contributed by atoms with Crippen LogP contribution in [-0.2, 0) is 4.79 Å². The molecule has 0 aliphatic heterocycles. The summed E-state index contributed by atoms with van der Waals surface area (Å²) in [6.45, 7) is -0.618. The second-order valence-electron chi connectivity index (χ2n) is 4.76. The van der Waals surface area contributed by atoms with Crippen molar-refractivity contribution in [1.82, 2.24) is 4.98 Å². The normalized spacial score (nSPS) is 9.72. The van der Waals surface area contributed by atoms with Crippen LogP contribution in [0, 0.1) is 22.7 Å². The van der Waals surface area contributed by atoms with Crippen molar-refractivity contribution in [2.24, 2.45) is 0 Å². The predicted molar refractivity (Wildman–Crippen MR) is 86.0 cm³/mol. The van der Waals surface area contributed by atoms with Gasteiger partial charge in [0.05, 0.1) is 7.11 Å². The molecule has 0 aliphatic rings. The fourth-order valence-corrected chi connectivity index (χ4v) is 2.22. The predicted octanol–water partition coefficient (Wildman–Crippen LogP) is 0.839. The molecule has 1 heterocycles. The highest BCUT2D eigenvalue weighted by molar-refractivity contribution is 5.81. The van der Waals surface area contributed by atoms with Crippen LogP contribution in [0.1, 0.15) is 11.1 Å². The number of anilines is 1. The largest absolute Gasteiger partial charge is 0.493 e. The number of aromatic amines is 1. The van der Waals surface area contributed by atoms with Gasteiger partial charge in [-0.25, -0.2) is 4.79 Å². The zero-order valence-corrected chi connectivity index (χ0v) is 13.0. The van der Waals surface area contributed by atoms with Gasteiger partial charge in [-0.3, -0.25) is 4.79 Å². The van der Waals surface area contributed by atoms with Gasteiger partial charge in [-0.15, -0.1) is 0 Å². The monoisotopic (exact) mass is 340 g/mol. The van der Waals surface area contributed by atoms with E-state index in [0.717, 1.165) is 0 Å². The van der Waals surface area contributed by atoms with Crippen LogP contribution in [-0.4, -0.2) is 29.8 Å². The number of nitrogens with one attached hydrogen (secondary N) is 1. The van der Waals surface area contributed by atoms with Gasteiger partial charge < -0.3 is 25.3 Å². The Morgan fingerprint density at radius 1 is 1.28 bits per heavy atom. The molecule has 0 unspecified atom stereocenters. The smallest absolute Gasteiger partial charge is 0.341 e. The van der Waals surface area contributed by atoms with Gasteiger partial charge in [0.25, 0.3) is 5.56 Å². The fraction of sp³-hybridized carbons (Fsp3) is 0.125. The standard InChI is InChI=1S/C16H12N4O5/c1-24-11-3-2-8(4-12(11)25-7-13(21)22)14-9(5-17)15(19)20-16(23)10(14)6-18/h2-4H,7H2,1H3,(H,21,22)(H3,19,20,23). The molecule has 9 nitrogen and oxygen atoms in total. The van der Waals surface area contributed by atoms with Crippen LogP contribution in [0.4, 0.5) is 5.82 Å². The van der Waals surface area contributed by atoms with E-state index in [4.69, 9.17) is 20.3 Å². The van der Waals surface area contributed by atoms with Crippen LogP contribution in [0.15, 0.2) is 23.0 Å². The summed E-state index contributed by atoms with van der Waals surface area (Å²) >= 11 is 0. The molecular weight excluding hydrogens is 328 g/mol. The molecule has 1 aromatic heterocycles. The van der Waals surface area contributed by atoms with Crippen LogP contribution >= 0.6 is 0 Å². The van der Waals surface area contributed by atoms with Gasteiger partial charge in [-0.1, -0.05) is 6.07 Å².